The fourth-order valence-corrected chi connectivity index (χ4v) is 4.86. The Kier molecular flexibility index (Phi) is 6.08. The van der Waals surface area contributed by atoms with Crippen LogP contribution >= 0.6 is 0 Å². The molecule has 0 radical (unpaired) electrons. The number of aromatic nitrogens is 1. The van der Waals surface area contributed by atoms with E-state index in [1.807, 2.05) is 48.2 Å². The fourth-order valence-electron chi connectivity index (χ4n) is 4.86. The predicted octanol–water partition coefficient (Wildman–Crippen LogP) is 7.05. The maximum Gasteiger partial charge on any atom is 0.323 e. The number of urea groups is 1. The zero-order chi connectivity index (χ0) is 24.5. The summed E-state index contributed by atoms with van der Waals surface area (Å²) in [6.45, 7) is 6.87. The third-order valence-electron chi connectivity index (χ3n) is 6.74. The quantitative estimate of drug-likeness (QED) is 0.351. The standard InChI is InChI=1S/C30H31N3O2/c1-20(2)22-12-14-23(15-13-22)29-27-10-7-17-32(27)26-9-6-5-8-24(26)19-33(29)30(34)31-25-18-21(3)11-16-28(25)35-4/h5-18,20,29H,19H2,1-4H3,(H,31,34)/t29-/m1/s1. The van der Waals surface area contributed by atoms with Gasteiger partial charge in [-0.3, -0.25) is 0 Å². The van der Waals surface area contributed by atoms with Gasteiger partial charge in [-0.15, -0.1) is 0 Å². The number of carbonyl (C=O) groups excluding carboxylic acids is 1. The van der Waals surface area contributed by atoms with Gasteiger partial charge in [-0.05, 0) is 65.4 Å². The minimum atomic E-state index is -0.255. The van der Waals surface area contributed by atoms with E-state index in [0.717, 1.165) is 28.1 Å². The number of nitrogens with one attached hydrogen (secondary N) is 1. The van der Waals surface area contributed by atoms with Crippen LogP contribution in [-0.2, 0) is 6.54 Å². The van der Waals surface area contributed by atoms with Gasteiger partial charge in [0.2, 0.25) is 0 Å². The van der Waals surface area contributed by atoms with Gasteiger partial charge in [-0.1, -0.05) is 62.4 Å². The molecule has 4 aromatic rings. The first kappa shape index (κ1) is 22.8. The second-order valence-electron chi connectivity index (χ2n) is 9.42. The number of aryl methyl sites for hydroxylation is 1. The van der Waals surface area contributed by atoms with Crippen molar-refractivity contribution in [3.8, 4) is 11.4 Å². The lowest BCUT2D eigenvalue weighted by molar-refractivity contribution is 0.194. The number of hydrogen-bond donors (Lipinski definition) is 1. The molecule has 5 heteroatoms. The largest absolute Gasteiger partial charge is 0.495 e. The van der Waals surface area contributed by atoms with Gasteiger partial charge in [0.15, 0.2) is 0 Å². The van der Waals surface area contributed by atoms with E-state index in [1.165, 1.54) is 5.56 Å². The van der Waals surface area contributed by atoms with Crippen molar-refractivity contribution < 1.29 is 9.53 Å². The summed E-state index contributed by atoms with van der Waals surface area (Å²) >= 11 is 0. The Morgan fingerprint density at radius 2 is 1.77 bits per heavy atom. The lowest BCUT2D eigenvalue weighted by Crippen LogP contribution is -2.38. The minimum Gasteiger partial charge on any atom is -0.495 e. The SMILES string of the molecule is COc1ccc(C)cc1NC(=O)N1Cc2ccccc2-n2cccc2[C@H]1c1ccc(C(C)C)cc1. The van der Waals surface area contributed by atoms with Gasteiger partial charge in [0.05, 0.1) is 31.1 Å². The van der Waals surface area contributed by atoms with E-state index in [0.29, 0.717) is 23.9 Å². The van der Waals surface area contributed by atoms with Crippen LogP contribution in [0.3, 0.4) is 0 Å². The monoisotopic (exact) mass is 465 g/mol. The number of hydrogen-bond acceptors (Lipinski definition) is 2. The summed E-state index contributed by atoms with van der Waals surface area (Å²) in [5, 5.41) is 3.14. The highest BCUT2D eigenvalue weighted by atomic mass is 16.5. The van der Waals surface area contributed by atoms with Gasteiger partial charge in [0.25, 0.3) is 0 Å². The Bertz CT molecular complexity index is 1350. The Labute approximate surface area is 207 Å². The molecular formula is C30H31N3O2. The molecule has 1 atom stereocenters. The molecule has 1 aliphatic heterocycles. The molecule has 0 aliphatic carbocycles. The Balaban J connectivity index is 1.62. The van der Waals surface area contributed by atoms with Crippen LogP contribution in [0.4, 0.5) is 10.5 Å². The first-order valence-corrected chi connectivity index (χ1v) is 12.0. The van der Waals surface area contributed by atoms with Crippen LogP contribution < -0.4 is 10.1 Å². The van der Waals surface area contributed by atoms with Crippen LogP contribution in [0.1, 0.15) is 53.8 Å². The number of para-hydroxylation sites is 1. The number of benzene rings is 3. The Morgan fingerprint density at radius 3 is 2.51 bits per heavy atom. The fraction of sp³-hybridized carbons (Fsp3) is 0.233. The molecule has 0 bridgehead atoms. The van der Waals surface area contributed by atoms with E-state index in [-0.39, 0.29) is 12.1 Å². The van der Waals surface area contributed by atoms with Crippen LogP contribution in [0.2, 0.25) is 0 Å². The summed E-state index contributed by atoms with van der Waals surface area (Å²) in [7, 11) is 1.62. The third kappa shape index (κ3) is 4.30. The lowest BCUT2D eigenvalue weighted by Gasteiger charge is -2.31. The number of carbonyl (C=O) groups is 1. The Morgan fingerprint density at radius 1 is 1.00 bits per heavy atom. The molecule has 0 saturated heterocycles. The molecule has 5 rings (SSSR count). The molecule has 1 aliphatic rings. The van der Waals surface area contributed by atoms with Crippen LogP contribution in [0, 0.1) is 6.92 Å². The number of methoxy groups -OCH3 is 1. The highest BCUT2D eigenvalue weighted by Crippen LogP contribution is 2.38. The number of rotatable bonds is 4. The van der Waals surface area contributed by atoms with Gasteiger partial charge < -0.3 is 19.5 Å². The molecule has 5 nitrogen and oxygen atoms in total. The van der Waals surface area contributed by atoms with Gasteiger partial charge in [-0.25, -0.2) is 4.79 Å². The van der Waals surface area contributed by atoms with E-state index in [9.17, 15) is 4.79 Å². The lowest BCUT2D eigenvalue weighted by atomic mass is 9.97. The van der Waals surface area contributed by atoms with Crippen LogP contribution in [0.25, 0.3) is 5.69 Å². The second-order valence-corrected chi connectivity index (χ2v) is 9.42. The van der Waals surface area contributed by atoms with Crippen molar-refractivity contribution in [3.05, 3.63) is 113 Å². The van der Waals surface area contributed by atoms with Crippen LogP contribution in [0.5, 0.6) is 5.75 Å². The summed E-state index contributed by atoms with van der Waals surface area (Å²) in [4.78, 5) is 15.9. The molecule has 0 fully saturated rings. The van der Waals surface area contributed by atoms with E-state index in [1.54, 1.807) is 7.11 Å². The number of nitrogens with zero attached hydrogens (tertiary/aromatic N) is 2. The molecule has 1 aromatic heterocycles. The maximum absolute atomic E-state index is 14.0. The molecule has 2 heterocycles. The van der Waals surface area contributed by atoms with E-state index >= 15 is 0 Å². The van der Waals surface area contributed by atoms with Gasteiger partial charge in [0, 0.05) is 11.9 Å². The normalized spacial score (nSPS) is 14.8. The molecule has 1 N–H and O–H groups in total. The van der Waals surface area contributed by atoms with Crippen molar-refractivity contribution in [1.29, 1.82) is 0 Å². The molecule has 0 saturated carbocycles. The minimum absolute atomic E-state index is 0.170. The summed E-state index contributed by atoms with van der Waals surface area (Å²) in [5.41, 5.74) is 7.32. The molecule has 0 unspecified atom stereocenters. The number of ether oxygens (including phenoxy) is 1. The van der Waals surface area contributed by atoms with Crippen molar-refractivity contribution >= 4 is 11.7 Å². The van der Waals surface area contributed by atoms with Crippen LogP contribution in [0.15, 0.2) is 85.1 Å². The molecule has 35 heavy (non-hydrogen) atoms. The molecule has 2 amide bonds. The topological polar surface area (TPSA) is 46.5 Å². The van der Waals surface area contributed by atoms with Crippen molar-refractivity contribution in [2.45, 2.75) is 39.3 Å². The first-order chi connectivity index (χ1) is 17.0. The summed E-state index contributed by atoms with van der Waals surface area (Å²) in [5.74, 6) is 1.08. The van der Waals surface area contributed by atoms with E-state index in [2.05, 4.69) is 72.4 Å². The highest BCUT2D eigenvalue weighted by Gasteiger charge is 2.33. The first-order valence-electron chi connectivity index (χ1n) is 12.0. The van der Waals surface area contributed by atoms with Crippen molar-refractivity contribution in [3.63, 3.8) is 0 Å². The molecule has 178 valence electrons. The van der Waals surface area contributed by atoms with Crippen molar-refractivity contribution in [2.75, 3.05) is 12.4 Å². The van der Waals surface area contributed by atoms with E-state index < -0.39 is 0 Å². The molecular weight excluding hydrogens is 434 g/mol. The number of amides is 2. The summed E-state index contributed by atoms with van der Waals surface area (Å²) < 4.78 is 7.73. The predicted molar refractivity (Wildman–Crippen MR) is 140 cm³/mol. The average molecular weight is 466 g/mol. The van der Waals surface area contributed by atoms with Crippen LogP contribution in [-0.4, -0.2) is 22.6 Å². The highest BCUT2D eigenvalue weighted by molar-refractivity contribution is 5.92. The molecule has 3 aromatic carbocycles. The van der Waals surface area contributed by atoms with Crippen molar-refractivity contribution in [2.24, 2.45) is 0 Å². The summed E-state index contributed by atoms with van der Waals surface area (Å²) in [6.07, 6.45) is 2.08. The average Bonchev–Trinajstić information content (AvgIpc) is 3.28. The summed E-state index contributed by atoms with van der Waals surface area (Å²) in [6, 6.07) is 26.5. The van der Waals surface area contributed by atoms with E-state index in [4.69, 9.17) is 4.74 Å². The van der Waals surface area contributed by atoms with Gasteiger partial charge >= 0.3 is 6.03 Å². The smallest absolute Gasteiger partial charge is 0.323 e. The van der Waals surface area contributed by atoms with Crippen molar-refractivity contribution in [1.82, 2.24) is 9.47 Å². The second kappa shape index (κ2) is 9.34. The number of fused-ring (bicyclic) bond motifs is 3. The Hall–Kier alpha value is -3.99. The number of anilines is 1. The van der Waals surface area contributed by atoms with Gasteiger partial charge in [-0.2, -0.15) is 0 Å². The molecule has 0 spiro atoms. The zero-order valence-corrected chi connectivity index (χ0v) is 20.7. The third-order valence-corrected chi connectivity index (χ3v) is 6.74. The maximum atomic E-state index is 14.0. The van der Waals surface area contributed by atoms with Gasteiger partial charge in [0.1, 0.15) is 5.75 Å². The zero-order valence-electron chi connectivity index (χ0n) is 20.7.